The van der Waals surface area contributed by atoms with E-state index in [1.165, 1.54) is 12.8 Å². The van der Waals surface area contributed by atoms with E-state index in [1.54, 1.807) is 0 Å². The normalized spacial score (nSPS) is 30.9. The monoisotopic (exact) mass is 284 g/mol. The molecule has 1 saturated carbocycles. The zero-order chi connectivity index (χ0) is 14.2. The van der Waals surface area contributed by atoms with Crippen LogP contribution >= 0.6 is 0 Å². The third kappa shape index (κ3) is 5.68. The summed E-state index contributed by atoms with van der Waals surface area (Å²) < 4.78 is 0. The molecule has 2 rings (SSSR count). The second-order valence-corrected chi connectivity index (χ2v) is 6.63. The van der Waals surface area contributed by atoms with Gasteiger partial charge >= 0.3 is 0 Å². The number of nitrogens with zero attached hydrogens (tertiary/aromatic N) is 1. The summed E-state index contributed by atoms with van der Waals surface area (Å²) in [6.45, 7) is 4.86. The van der Waals surface area contributed by atoms with E-state index >= 15 is 0 Å². The number of rotatable bonds is 5. The molecule has 3 N–H and O–H groups in total. The summed E-state index contributed by atoms with van der Waals surface area (Å²) in [7, 11) is 0. The van der Waals surface area contributed by atoms with Crippen molar-refractivity contribution in [1.82, 2.24) is 10.2 Å². The zero-order valence-corrected chi connectivity index (χ0v) is 12.8. The molecule has 0 aromatic rings. The highest BCUT2D eigenvalue weighted by Gasteiger charge is 2.19. The predicted octanol–water partition coefficient (Wildman–Crippen LogP) is 1.36. The molecule has 1 heterocycles. The first-order valence-corrected chi connectivity index (χ1v) is 8.52. The molecule has 2 fully saturated rings. The largest absolute Gasteiger partial charge is 0.396 e. The minimum atomic E-state index is -0.0521. The third-order valence-corrected chi connectivity index (χ3v) is 5.01. The SMILES string of the molecule is OCC1CCN(CCNC2CCCC(O)CCC2)CC1. The van der Waals surface area contributed by atoms with Crippen molar-refractivity contribution in [2.24, 2.45) is 5.92 Å². The molecule has 4 nitrogen and oxygen atoms in total. The van der Waals surface area contributed by atoms with E-state index in [1.807, 2.05) is 0 Å². The first kappa shape index (κ1) is 16.2. The fraction of sp³-hybridized carbons (Fsp3) is 1.00. The van der Waals surface area contributed by atoms with E-state index in [0.717, 1.165) is 64.7 Å². The van der Waals surface area contributed by atoms with E-state index in [4.69, 9.17) is 5.11 Å². The molecule has 0 unspecified atom stereocenters. The standard InChI is InChI=1S/C16H32N2O2/c19-13-14-7-10-18(11-8-14)12-9-17-15-3-1-5-16(20)6-2-4-15/h14-17,19-20H,1-13H2. The molecule has 0 atom stereocenters. The lowest BCUT2D eigenvalue weighted by Crippen LogP contribution is -2.41. The van der Waals surface area contributed by atoms with Gasteiger partial charge in [0.2, 0.25) is 0 Å². The molecule has 0 aromatic carbocycles. The molecule has 0 bridgehead atoms. The lowest BCUT2D eigenvalue weighted by molar-refractivity contribution is 0.128. The first-order chi connectivity index (χ1) is 9.78. The van der Waals surface area contributed by atoms with Crippen molar-refractivity contribution >= 4 is 0 Å². The lowest BCUT2D eigenvalue weighted by atomic mass is 9.95. The Balaban J connectivity index is 1.56. The molecule has 1 aliphatic heterocycles. The number of hydrogen-bond acceptors (Lipinski definition) is 4. The van der Waals surface area contributed by atoms with Crippen molar-refractivity contribution in [1.29, 1.82) is 0 Å². The summed E-state index contributed by atoms with van der Waals surface area (Å²) in [5.74, 6) is 0.538. The fourth-order valence-corrected chi connectivity index (χ4v) is 3.51. The van der Waals surface area contributed by atoms with Crippen LogP contribution in [0.25, 0.3) is 0 Å². The van der Waals surface area contributed by atoms with Crippen molar-refractivity contribution < 1.29 is 10.2 Å². The molecule has 118 valence electrons. The van der Waals surface area contributed by atoms with Gasteiger partial charge in [-0.25, -0.2) is 0 Å². The maximum absolute atomic E-state index is 9.64. The Bertz CT molecular complexity index is 245. The topological polar surface area (TPSA) is 55.7 Å². The Kier molecular flexibility index (Phi) is 7.28. The molecule has 0 aromatic heterocycles. The third-order valence-electron chi connectivity index (χ3n) is 5.01. The van der Waals surface area contributed by atoms with Crippen molar-refractivity contribution in [2.45, 2.75) is 63.5 Å². The van der Waals surface area contributed by atoms with Crippen LogP contribution in [0, 0.1) is 5.92 Å². The molecule has 4 heteroatoms. The van der Waals surface area contributed by atoms with Crippen molar-refractivity contribution in [2.75, 3.05) is 32.8 Å². The summed E-state index contributed by atoms with van der Waals surface area (Å²) in [4.78, 5) is 2.52. The highest BCUT2D eigenvalue weighted by atomic mass is 16.3. The minimum absolute atomic E-state index is 0.0521. The van der Waals surface area contributed by atoms with Crippen LogP contribution in [0.15, 0.2) is 0 Å². The van der Waals surface area contributed by atoms with Gasteiger partial charge < -0.3 is 20.4 Å². The Morgan fingerprint density at radius 3 is 2.20 bits per heavy atom. The van der Waals surface area contributed by atoms with Gasteiger partial charge in [-0.1, -0.05) is 0 Å². The fourth-order valence-electron chi connectivity index (χ4n) is 3.51. The molecule has 0 spiro atoms. The first-order valence-electron chi connectivity index (χ1n) is 8.52. The number of aliphatic hydroxyl groups excluding tert-OH is 2. The van der Waals surface area contributed by atoms with E-state index in [9.17, 15) is 5.11 Å². The van der Waals surface area contributed by atoms with Crippen LogP contribution in [0.5, 0.6) is 0 Å². The van der Waals surface area contributed by atoms with Gasteiger partial charge in [-0.3, -0.25) is 0 Å². The van der Waals surface area contributed by atoms with Crippen LogP contribution in [0.1, 0.15) is 51.4 Å². The van der Waals surface area contributed by atoms with Crippen LogP contribution in [0.4, 0.5) is 0 Å². The Morgan fingerprint density at radius 1 is 0.950 bits per heavy atom. The van der Waals surface area contributed by atoms with Gasteiger partial charge in [0.1, 0.15) is 0 Å². The number of nitrogens with one attached hydrogen (secondary N) is 1. The molecule has 0 amide bonds. The van der Waals surface area contributed by atoms with Gasteiger partial charge in [-0.05, 0) is 70.4 Å². The average molecular weight is 284 g/mol. The van der Waals surface area contributed by atoms with Crippen LogP contribution in [0.3, 0.4) is 0 Å². The predicted molar refractivity (Wildman–Crippen MR) is 81.7 cm³/mol. The van der Waals surface area contributed by atoms with E-state index in [2.05, 4.69) is 10.2 Å². The van der Waals surface area contributed by atoms with Crippen molar-refractivity contribution in [3.63, 3.8) is 0 Å². The summed E-state index contributed by atoms with van der Waals surface area (Å²) in [5, 5.41) is 22.5. The highest BCUT2D eigenvalue weighted by Crippen LogP contribution is 2.18. The van der Waals surface area contributed by atoms with Crippen molar-refractivity contribution in [3.05, 3.63) is 0 Å². The molecule has 1 saturated heterocycles. The van der Waals surface area contributed by atoms with Crippen molar-refractivity contribution in [3.8, 4) is 0 Å². The van der Waals surface area contributed by atoms with E-state index < -0.39 is 0 Å². The second-order valence-electron chi connectivity index (χ2n) is 6.63. The molecule has 0 radical (unpaired) electrons. The quantitative estimate of drug-likeness (QED) is 0.713. The Hall–Kier alpha value is -0.160. The van der Waals surface area contributed by atoms with Gasteiger partial charge in [0, 0.05) is 25.7 Å². The van der Waals surface area contributed by atoms with Gasteiger partial charge in [0.25, 0.3) is 0 Å². The smallest absolute Gasteiger partial charge is 0.0540 e. The summed E-state index contributed by atoms with van der Waals surface area (Å²) in [5.41, 5.74) is 0. The van der Waals surface area contributed by atoms with Gasteiger partial charge in [0.05, 0.1) is 6.10 Å². The number of hydrogen-bond donors (Lipinski definition) is 3. The van der Waals surface area contributed by atoms with Crippen LogP contribution in [-0.4, -0.2) is 60.0 Å². The zero-order valence-electron chi connectivity index (χ0n) is 12.8. The molecule has 20 heavy (non-hydrogen) atoms. The number of aliphatic hydroxyl groups is 2. The van der Waals surface area contributed by atoms with E-state index in [-0.39, 0.29) is 6.10 Å². The molecular weight excluding hydrogens is 252 g/mol. The molecular formula is C16H32N2O2. The van der Waals surface area contributed by atoms with Crippen LogP contribution in [-0.2, 0) is 0 Å². The number of likely N-dealkylation sites (tertiary alicyclic amines) is 1. The summed E-state index contributed by atoms with van der Waals surface area (Å²) >= 11 is 0. The molecule has 2 aliphatic rings. The molecule has 1 aliphatic carbocycles. The van der Waals surface area contributed by atoms with Gasteiger partial charge in [-0.2, -0.15) is 0 Å². The van der Waals surface area contributed by atoms with Crippen LogP contribution < -0.4 is 5.32 Å². The van der Waals surface area contributed by atoms with Crippen LogP contribution in [0.2, 0.25) is 0 Å². The van der Waals surface area contributed by atoms with E-state index in [0.29, 0.717) is 18.6 Å². The Morgan fingerprint density at radius 2 is 1.60 bits per heavy atom. The average Bonchev–Trinajstić information content (AvgIpc) is 2.45. The lowest BCUT2D eigenvalue weighted by Gasteiger charge is -2.31. The summed E-state index contributed by atoms with van der Waals surface area (Å²) in [6, 6.07) is 0.650. The summed E-state index contributed by atoms with van der Waals surface area (Å²) in [6.07, 6.45) is 8.94. The van der Waals surface area contributed by atoms with Gasteiger partial charge in [0.15, 0.2) is 0 Å². The van der Waals surface area contributed by atoms with Gasteiger partial charge in [-0.15, -0.1) is 0 Å². The Labute approximate surface area is 123 Å². The highest BCUT2D eigenvalue weighted by molar-refractivity contribution is 4.75. The number of piperidine rings is 1. The minimum Gasteiger partial charge on any atom is -0.396 e. The second kappa shape index (κ2) is 8.98. The maximum Gasteiger partial charge on any atom is 0.0540 e. The maximum atomic E-state index is 9.64.